The highest BCUT2D eigenvalue weighted by atomic mass is 32.1. The van der Waals surface area contributed by atoms with Gasteiger partial charge in [-0.2, -0.15) is 13.2 Å². The first-order valence-corrected chi connectivity index (χ1v) is 6.68. The molecule has 0 atom stereocenters. The van der Waals surface area contributed by atoms with Crippen LogP contribution in [0.5, 0.6) is 5.75 Å². The first-order chi connectivity index (χ1) is 9.08. The van der Waals surface area contributed by atoms with E-state index in [9.17, 15) is 18.0 Å². The van der Waals surface area contributed by atoms with Gasteiger partial charge in [-0.1, -0.05) is 13.8 Å². The molecule has 2 N–H and O–H groups in total. The van der Waals surface area contributed by atoms with Crippen LogP contribution in [0.3, 0.4) is 0 Å². The third kappa shape index (κ3) is 3.56. The molecule has 0 aromatic carbocycles. The second kappa shape index (κ2) is 5.90. The van der Waals surface area contributed by atoms with Gasteiger partial charge in [-0.15, -0.1) is 11.3 Å². The first kappa shape index (κ1) is 16.6. The number of Topliss-reactive ketones (excluding diaryl/α,β-unsaturated/α-hetero) is 1. The summed E-state index contributed by atoms with van der Waals surface area (Å²) >= 11 is 0.922. The zero-order valence-corrected chi connectivity index (χ0v) is 12.5. The number of thiophene rings is 1. The van der Waals surface area contributed by atoms with Gasteiger partial charge < -0.3 is 15.4 Å². The largest absolute Gasteiger partial charge is 0.492 e. The Morgan fingerprint density at radius 3 is 2.40 bits per heavy atom. The molecular weight excluding hydrogens is 293 g/mol. The Hall–Kier alpha value is -1.44. The minimum atomic E-state index is -4.35. The Bertz CT molecular complexity index is 498. The van der Waals surface area contributed by atoms with Crippen LogP contribution in [0.15, 0.2) is 0 Å². The van der Waals surface area contributed by atoms with Crippen LogP contribution in [0, 0.1) is 5.92 Å². The Labute approximate surface area is 119 Å². The lowest BCUT2D eigenvalue weighted by molar-refractivity contribution is -0.119. The fraction of sp³-hybridized carbons (Fsp3) is 0.583. The number of carbonyl (C=O) groups is 1. The van der Waals surface area contributed by atoms with Crippen molar-refractivity contribution in [1.82, 2.24) is 0 Å². The van der Waals surface area contributed by atoms with E-state index in [2.05, 4.69) is 0 Å². The van der Waals surface area contributed by atoms with Gasteiger partial charge >= 0.3 is 6.18 Å². The molecule has 4 nitrogen and oxygen atoms in total. The van der Waals surface area contributed by atoms with Crippen molar-refractivity contribution in [2.45, 2.75) is 20.0 Å². The van der Waals surface area contributed by atoms with E-state index in [0.29, 0.717) is 0 Å². The number of nitrogen functional groups attached to an aromatic ring is 1. The summed E-state index contributed by atoms with van der Waals surface area (Å²) in [5.41, 5.74) is 5.91. The van der Waals surface area contributed by atoms with E-state index in [0.717, 1.165) is 16.2 Å². The van der Waals surface area contributed by atoms with Crippen LogP contribution in [0.1, 0.15) is 23.5 Å². The van der Waals surface area contributed by atoms with Crippen LogP contribution in [0.2, 0.25) is 0 Å². The molecule has 20 heavy (non-hydrogen) atoms. The Kier molecular flexibility index (Phi) is 4.90. The van der Waals surface area contributed by atoms with Crippen LogP contribution in [-0.4, -0.2) is 32.7 Å². The third-order valence-corrected chi connectivity index (χ3v) is 3.91. The molecule has 114 valence electrons. The van der Waals surface area contributed by atoms with Crippen molar-refractivity contribution < 1.29 is 22.7 Å². The lowest BCUT2D eigenvalue weighted by Crippen LogP contribution is -2.30. The van der Waals surface area contributed by atoms with Gasteiger partial charge in [0.2, 0.25) is 0 Å². The summed E-state index contributed by atoms with van der Waals surface area (Å²) in [7, 11) is 2.60. The SMILES string of the molecule is COc1c(N(C)CC(F)(F)F)sc(C(=O)C(C)C)c1N. The number of hydrogen-bond acceptors (Lipinski definition) is 5. The van der Waals surface area contributed by atoms with Gasteiger partial charge in [0.25, 0.3) is 0 Å². The van der Waals surface area contributed by atoms with Crippen LogP contribution in [-0.2, 0) is 0 Å². The van der Waals surface area contributed by atoms with E-state index in [1.807, 2.05) is 0 Å². The number of rotatable bonds is 5. The predicted molar refractivity (Wildman–Crippen MR) is 73.8 cm³/mol. The molecule has 0 aliphatic rings. The first-order valence-electron chi connectivity index (χ1n) is 5.86. The summed E-state index contributed by atoms with van der Waals surface area (Å²) in [6.45, 7) is 2.26. The quantitative estimate of drug-likeness (QED) is 0.849. The molecule has 0 amide bonds. The molecule has 0 saturated heterocycles. The van der Waals surface area contributed by atoms with Crippen molar-refractivity contribution in [2.75, 3.05) is 31.3 Å². The van der Waals surface area contributed by atoms with Gasteiger partial charge in [0, 0.05) is 13.0 Å². The fourth-order valence-corrected chi connectivity index (χ4v) is 2.89. The number of methoxy groups -OCH3 is 1. The van der Waals surface area contributed by atoms with Crippen molar-refractivity contribution in [3.8, 4) is 5.75 Å². The predicted octanol–water partition coefficient (Wildman–Crippen LogP) is 3.18. The fourth-order valence-electron chi connectivity index (χ4n) is 1.65. The topological polar surface area (TPSA) is 55.6 Å². The van der Waals surface area contributed by atoms with E-state index in [4.69, 9.17) is 10.5 Å². The number of ketones is 1. The van der Waals surface area contributed by atoms with E-state index in [-0.39, 0.29) is 33.0 Å². The molecule has 0 radical (unpaired) electrons. The number of alkyl halides is 3. The molecule has 1 aromatic rings. The van der Waals surface area contributed by atoms with Gasteiger partial charge in [-0.25, -0.2) is 0 Å². The standard InChI is InChI=1S/C12H17F3N2O2S/c1-6(2)8(18)10-7(16)9(19-4)11(20-10)17(3)5-12(13,14)15/h6H,5,16H2,1-4H3. The minimum Gasteiger partial charge on any atom is -0.492 e. The van der Waals surface area contributed by atoms with Crippen LogP contribution in [0.25, 0.3) is 0 Å². The maximum absolute atomic E-state index is 12.4. The van der Waals surface area contributed by atoms with Gasteiger partial charge in [-0.05, 0) is 0 Å². The second-order valence-electron chi connectivity index (χ2n) is 4.67. The average molecular weight is 310 g/mol. The molecule has 0 saturated carbocycles. The summed E-state index contributed by atoms with van der Waals surface area (Å²) in [4.78, 5) is 13.2. The van der Waals surface area contributed by atoms with Crippen LogP contribution >= 0.6 is 11.3 Å². The number of anilines is 2. The molecular formula is C12H17F3N2O2S. The minimum absolute atomic E-state index is 0.0974. The molecule has 0 spiro atoms. The van der Waals surface area contributed by atoms with E-state index >= 15 is 0 Å². The number of nitrogens with zero attached hydrogens (tertiary/aromatic N) is 1. The van der Waals surface area contributed by atoms with Gasteiger partial charge in [-0.3, -0.25) is 4.79 Å². The monoisotopic (exact) mass is 310 g/mol. The van der Waals surface area contributed by atoms with Gasteiger partial charge in [0.1, 0.15) is 11.5 Å². The van der Waals surface area contributed by atoms with E-state index in [1.54, 1.807) is 13.8 Å². The molecule has 8 heteroatoms. The molecule has 1 rings (SSSR count). The summed E-state index contributed by atoms with van der Waals surface area (Å²) in [6, 6.07) is 0. The summed E-state index contributed by atoms with van der Waals surface area (Å²) in [6.07, 6.45) is -4.35. The lowest BCUT2D eigenvalue weighted by Gasteiger charge is -2.20. The van der Waals surface area contributed by atoms with Crippen LogP contribution in [0.4, 0.5) is 23.9 Å². The smallest absolute Gasteiger partial charge is 0.405 e. The normalized spacial score (nSPS) is 11.8. The zero-order chi connectivity index (χ0) is 15.7. The number of hydrogen-bond donors (Lipinski definition) is 1. The van der Waals surface area contributed by atoms with Gasteiger partial charge in [0.15, 0.2) is 11.5 Å². The Balaban J connectivity index is 3.21. The van der Waals surface area contributed by atoms with Crippen molar-refractivity contribution in [1.29, 1.82) is 0 Å². The van der Waals surface area contributed by atoms with Crippen LogP contribution < -0.4 is 15.4 Å². The molecule has 0 bridgehead atoms. The number of ether oxygens (including phenoxy) is 1. The zero-order valence-electron chi connectivity index (χ0n) is 11.7. The molecule has 1 aromatic heterocycles. The molecule has 0 unspecified atom stereocenters. The number of carbonyl (C=O) groups excluding carboxylic acids is 1. The maximum Gasteiger partial charge on any atom is 0.405 e. The van der Waals surface area contributed by atoms with E-state index in [1.165, 1.54) is 14.2 Å². The molecule has 0 fully saturated rings. The highest BCUT2D eigenvalue weighted by Crippen LogP contribution is 2.45. The highest BCUT2D eigenvalue weighted by Gasteiger charge is 2.33. The summed E-state index contributed by atoms with van der Waals surface area (Å²) in [5, 5.41) is 0.200. The summed E-state index contributed by atoms with van der Waals surface area (Å²) in [5.74, 6) is -0.385. The highest BCUT2D eigenvalue weighted by molar-refractivity contribution is 7.19. The maximum atomic E-state index is 12.4. The Morgan fingerprint density at radius 2 is 2.00 bits per heavy atom. The van der Waals surface area contributed by atoms with Crippen molar-refractivity contribution in [3.63, 3.8) is 0 Å². The number of nitrogens with two attached hydrogens (primary N) is 1. The van der Waals surface area contributed by atoms with E-state index < -0.39 is 12.7 Å². The second-order valence-corrected chi connectivity index (χ2v) is 5.67. The van der Waals surface area contributed by atoms with Crippen molar-refractivity contribution in [3.05, 3.63) is 4.88 Å². The lowest BCUT2D eigenvalue weighted by atomic mass is 10.1. The molecule has 0 aliphatic heterocycles. The van der Waals surface area contributed by atoms with Crippen molar-refractivity contribution >= 4 is 27.8 Å². The van der Waals surface area contributed by atoms with Gasteiger partial charge in [0.05, 0.1) is 17.7 Å². The Morgan fingerprint density at radius 1 is 1.45 bits per heavy atom. The average Bonchev–Trinajstić information content (AvgIpc) is 2.62. The summed E-state index contributed by atoms with van der Waals surface area (Å²) < 4.78 is 42.4. The number of halogens is 3. The molecule has 0 aliphatic carbocycles. The third-order valence-electron chi connectivity index (χ3n) is 2.60. The molecule has 1 heterocycles. The van der Waals surface area contributed by atoms with Crippen molar-refractivity contribution in [2.24, 2.45) is 5.92 Å².